The van der Waals surface area contributed by atoms with Gasteiger partial charge in [0.15, 0.2) is 0 Å². The molecule has 0 bridgehead atoms. The number of benzene rings is 2. The molecule has 0 aliphatic carbocycles. The molecule has 0 spiro atoms. The Hall–Kier alpha value is -3.87. The Bertz CT molecular complexity index is 1140. The molecule has 1 aliphatic rings. The summed E-state index contributed by atoms with van der Waals surface area (Å²) >= 11 is 0. The Labute approximate surface area is 206 Å². The molecule has 7 nitrogen and oxygen atoms in total. The van der Waals surface area contributed by atoms with Crippen molar-refractivity contribution in [1.82, 2.24) is 10.6 Å². The van der Waals surface area contributed by atoms with Crippen molar-refractivity contribution in [2.45, 2.75) is 38.7 Å². The fourth-order valence-corrected chi connectivity index (χ4v) is 4.18. The largest absolute Gasteiger partial charge is 0.494 e. The summed E-state index contributed by atoms with van der Waals surface area (Å²) in [5.41, 5.74) is 3.41. The Morgan fingerprint density at radius 1 is 1.23 bits per heavy atom. The molecule has 2 amide bonds. The van der Waals surface area contributed by atoms with Crippen LogP contribution >= 0.6 is 0 Å². The van der Waals surface area contributed by atoms with Crippen molar-refractivity contribution < 1.29 is 19.1 Å². The fourth-order valence-electron chi connectivity index (χ4n) is 4.18. The molecule has 0 radical (unpaired) electrons. The second-order valence-corrected chi connectivity index (χ2v) is 8.34. The van der Waals surface area contributed by atoms with Gasteiger partial charge in [0.1, 0.15) is 17.6 Å². The molecule has 1 unspecified atom stereocenters. The van der Waals surface area contributed by atoms with E-state index in [1.54, 1.807) is 25.4 Å². The van der Waals surface area contributed by atoms with E-state index in [1.165, 1.54) is 0 Å². The predicted octanol–water partition coefficient (Wildman–Crippen LogP) is 4.64. The minimum absolute atomic E-state index is 0.152. The molecule has 3 rings (SSSR count). The van der Waals surface area contributed by atoms with Crippen LogP contribution in [0, 0.1) is 0 Å². The summed E-state index contributed by atoms with van der Waals surface area (Å²) in [6, 6.07) is 11.3. The molecule has 35 heavy (non-hydrogen) atoms. The predicted molar refractivity (Wildman–Crippen MR) is 139 cm³/mol. The zero-order valence-electron chi connectivity index (χ0n) is 20.6. The van der Waals surface area contributed by atoms with Gasteiger partial charge in [-0.05, 0) is 61.9 Å². The number of ether oxygens (including phenoxy) is 2. The number of allylic oxidation sites excluding steroid dienone is 1. The second-order valence-electron chi connectivity index (χ2n) is 8.34. The van der Waals surface area contributed by atoms with Crippen LogP contribution in [0.5, 0.6) is 11.5 Å². The maximum Gasteiger partial charge on any atom is 0.254 e. The first kappa shape index (κ1) is 25.7. The van der Waals surface area contributed by atoms with E-state index in [-0.39, 0.29) is 23.8 Å². The zero-order valence-corrected chi connectivity index (χ0v) is 20.6. The van der Waals surface area contributed by atoms with Gasteiger partial charge in [-0.2, -0.15) is 0 Å². The number of amides is 2. The highest BCUT2D eigenvalue weighted by atomic mass is 16.5. The minimum atomic E-state index is -0.308. The molecule has 0 aromatic heterocycles. The maximum atomic E-state index is 13.0. The van der Waals surface area contributed by atoms with Crippen molar-refractivity contribution in [3.63, 3.8) is 0 Å². The summed E-state index contributed by atoms with van der Waals surface area (Å²) in [7, 11) is 1.56. The van der Waals surface area contributed by atoms with Crippen molar-refractivity contribution in [3.05, 3.63) is 83.1 Å². The molecule has 2 aromatic carbocycles. The van der Waals surface area contributed by atoms with Crippen molar-refractivity contribution in [3.8, 4) is 11.5 Å². The van der Waals surface area contributed by atoms with E-state index in [0.717, 1.165) is 28.9 Å². The van der Waals surface area contributed by atoms with Crippen molar-refractivity contribution in [1.29, 1.82) is 0 Å². The number of nitrogens with zero attached hydrogens (tertiary/aromatic N) is 1. The van der Waals surface area contributed by atoms with Crippen LogP contribution in [0.4, 0.5) is 0 Å². The first-order chi connectivity index (χ1) is 16.9. The van der Waals surface area contributed by atoms with Crippen molar-refractivity contribution in [2.24, 2.45) is 4.99 Å². The molecule has 2 N–H and O–H groups in total. The van der Waals surface area contributed by atoms with Gasteiger partial charge < -0.3 is 20.1 Å². The van der Waals surface area contributed by atoms with Gasteiger partial charge in [-0.25, -0.2) is 0 Å². The van der Waals surface area contributed by atoms with E-state index in [2.05, 4.69) is 35.8 Å². The van der Waals surface area contributed by atoms with Crippen LogP contribution in [0.2, 0.25) is 0 Å². The number of fused-ring (bicyclic) bond motifs is 1. The van der Waals surface area contributed by atoms with E-state index < -0.39 is 0 Å². The van der Waals surface area contributed by atoms with Crippen LogP contribution < -0.4 is 20.1 Å². The van der Waals surface area contributed by atoms with Crippen LogP contribution in [0.3, 0.4) is 0 Å². The number of carbonyl (C=O) groups is 2. The van der Waals surface area contributed by atoms with Crippen LogP contribution in [0.1, 0.15) is 64.4 Å². The quantitative estimate of drug-likeness (QED) is 0.366. The van der Waals surface area contributed by atoms with Gasteiger partial charge in [0.05, 0.1) is 12.2 Å². The van der Waals surface area contributed by atoms with Gasteiger partial charge in [0.2, 0.25) is 0 Å². The van der Waals surface area contributed by atoms with Gasteiger partial charge in [0, 0.05) is 36.8 Å². The average molecular weight is 476 g/mol. The van der Waals surface area contributed by atoms with E-state index in [0.29, 0.717) is 36.4 Å². The first-order valence-electron chi connectivity index (χ1n) is 11.8. The Balaban J connectivity index is 1.95. The number of aliphatic imine (C=N–C) groups is 1. The minimum Gasteiger partial charge on any atom is -0.494 e. The molecule has 0 fully saturated rings. The van der Waals surface area contributed by atoms with Crippen LogP contribution in [-0.4, -0.2) is 44.8 Å². The molecule has 184 valence electrons. The van der Waals surface area contributed by atoms with E-state index in [1.807, 2.05) is 37.3 Å². The van der Waals surface area contributed by atoms with Crippen LogP contribution in [-0.2, 0) is 0 Å². The Morgan fingerprint density at radius 3 is 2.71 bits per heavy atom. The summed E-state index contributed by atoms with van der Waals surface area (Å²) in [6.07, 6.45) is 4.55. The van der Waals surface area contributed by atoms with Crippen LogP contribution in [0.25, 0.3) is 0 Å². The summed E-state index contributed by atoms with van der Waals surface area (Å²) in [6.45, 7) is 12.2. The molecule has 1 aliphatic heterocycles. The number of hydrogen-bond donors (Lipinski definition) is 2. The summed E-state index contributed by atoms with van der Waals surface area (Å²) < 4.78 is 12.0. The Morgan fingerprint density at radius 2 is 2.03 bits per heavy atom. The summed E-state index contributed by atoms with van der Waals surface area (Å²) in [4.78, 5) is 29.5. The molecule has 1 heterocycles. The molecular formula is C28H33N3O4. The highest BCUT2D eigenvalue weighted by Gasteiger charge is 2.36. The molecule has 7 heteroatoms. The molecular weight excluding hydrogens is 442 g/mol. The van der Waals surface area contributed by atoms with Gasteiger partial charge in [-0.15, -0.1) is 0 Å². The lowest BCUT2D eigenvalue weighted by Crippen LogP contribution is -2.26. The van der Waals surface area contributed by atoms with E-state index in [4.69, 9.17) is 9.47 Å². The molecule has 0 saturated carbocycles. The third kappa shape index (κ3) is 5.98. The van der Waals surface area contributed by atoms with Gasteiger partial charge >= 0.3 is 0 Å². The standard InChI is InChI=1S/C28H33N3O4/c1-6-13-34-22-10-8-9-20(14-22)25-18(3)35-26-23(25)15-21(16-24(26)28(33)30-5)27(32)31-12-11-19(7-2)17-29-4/h7-10,14-18,25H,2,4,6,11-13H2,1,3,5H3,(H,30,33)(H,31,32)/b19-17+/t18?,25-/m0/s1. The number of hydrogen-bond acceptors (Lipinski definition) is 5. The first-order valence-corrected chi connectivity index (χ1v) is 11.8. The molecule has 2 atom stereocenters. The van der Waals surface area contributed by atoms with Gasteiger partial charge in [0.25, 0.3) is 11.8 Å². The number of carbonyl (C=O) groups excluding carboxylic acids is 2. The van der Waals surface area contributed by atoms with Gasteiger partial charge in [-0.3, -0.25) is 14.6 Å². The van der Waals surface area contributed by atoms with Crippen molar-refractivity contribution >= 4 is 18.5 Å². The average Bonchev–Trinajstić information content (AvgIpc) is 3.21. The monoisotopic (exact) mass is 475 g/mol. The lowest BCUT2D eigenvalue weighted by Gasteiger charge is -2.17. The fraction of sp³-hybridized carbons (Fsp3) is 0.321. The summed E-state index contributed by atoms with van der Waals surface area (Å²) in [5, 5.41) is 5.57. The third-order valence-electron chi connectivity index (χ3n) is 5.87. The molecule has 0 saturated heterocycles. The van der Waals surface area contributed by atoms with Crippen LogP contribution in [0.15, 0.2) is 65.8 Å². The molecule has 2 aromatic rings. The van der Waals surface area contributed by atoms with Gasteiger partial charge in [-0.1, -0.05) is 31.7 Å². The maximum absolute atomic E-state index is 13.0. The SMILES string of the molecule is C=C/C(=C\N=C)CCNC(=O)c1cc(C(=O)NC)c2c(c1)[C@H](c1cccc(OCCC)c1)C(C)O2. The third-order valence-corrected chi connectivity index (χ3v) is 5.87. The highest BCUT2D eigenvalue weighted by molar-refractivity contribution is 6.02. The second kappa shape index (κ2) is 12.0. The van der Waals surface area contributed by atoms with E-state index >= 15 is 0 Å². The van der Waals surface area contributed by atoms with Crippen molar-refractivity contribution in [2.75, 3.05) is 20.2 Å². The number of nitrogens with one attached hydrogen (secondary N) is 2. The summed E-state index contributed by atoms with van der Waals surface area (Å²) in [5.74, 6) is 0.557. The van der Waals surface area contributed by atoms with E-state index in [9.17, 15) is 9.59 Å². The normalized spacial score (nSPS) is 16.6. The lowest BCUT2D eigenvalue weighted by molar-refractivity contribution is 0.0954. The smallest absolute Gasteiger partial charge is 0.254 e. The lowest BCUT2D eigenvalue weighted by atomic mass is 9.86. The Kier molecular flexibility index (Phi) is 8.84. The highest BCUT2D eigenvalue weighted by Crippen LogP contribution is 2.45. The number of rotatable bonds is 11. The zero-order chi connectivity index (χ0) is 25.4. The topological polar surface area (TPSA) is 89.0 Å².